The molecule has 4 N–H and O–H groups in total. The second-order valence-electron chi connectivity index (χ2n) is 7.75. The van der Waals surface area contributed by atoms with Crippen molar-refractivity contribution in [2.24, 2.45) is 0 Å². The topological polar surface area (TPSA) is 74.8 Å². The number of nitrogen functional groups attached to an aromatic ring is 2. The van der Waals surface area contributed by atoms with Crippen LogP contribution in [0.2, 0.25) is 0 Å². The largest absolute Gasteiger partial charge is 0.396 e. The van der Waals surface area contributed by atoms with E-state index in [9.17, 15) is 0 Å². The van der Waals surface area contributed by atoms with Crippen LogP contribution in [0, 0.1) is 0 Å². The summed E-state index contributed by atoms with van der Waals surface area (Å²) in [6.07, 6.45) is 1.79. The van der Waals surface area contributed by atoms with Crippen LogP contribution in [-0.4, -0.2) is 14.1 Å². The number of hydrogen-bond donors (Lipinski definition) is 2. The van der Waals surface area contributed by atoms with Crippen LogP contribution in [0.15, 0.2) is 103 Å². The average molecular weight is 416 g/mol. The number of aromatic nitrogens is 3. The first-order valence-corrected chi connectivity index (χ1v) is 10.5. The van der Waals surface area contributed by atoms with Crippen molar-refractivity contribution in [1.29, 1.82) is 0 Å². The van der Waals surface area contributed by atoms with Crippen LogP contribution in [0.4, 0.5) is 11.4 Å². The van der Waals surface area contributed by atoms with E-state index < -0.39 is 0 Å². The summed E-state index contributed by atoms with van der Waals surface area (Å²) in [5, 5.41) is 1.96. The van der Waals surface area contributed by atoms with Gasteiger partial charge in [-0.1, -0.05) is 60.7 Å². The molecular weight excluding hydrogens is 394 g/mol. The molecule has 0 amide bonds. The van der Waals surface area contributed by atoms with Gasteiger partial charge in [0.1, 0.15) is 5.82 Å². The van der Waals surface area contributed by atoms with Gasteiger partial charge in [0.2, 0.25) is 0 Å². The maximum absolute atomic E-state index is 6.84. The number of fused-ring (bicyclic) bond motifs is 2. The Balaban J connectivity index is 1.82. The van der Waals surface area contributed by atoms with Gasteiger partial charge in [-0.05, 0) is 36.4 Å². The molecule has 0 radical (unpaired) electrons. The molecule has 5 heteroatoms. The van der Waals surface area contributed by atoms with Gasteiger partial charge in [-0.3, -0.25) is 4.57 Å². The second-order valence-corrected chi connectivity index (χ2v) is 7.75. The standard InChI is InChI=1S/C27H21N5/c28-24-19-12-4-6-14-21(19)31(18-10-2-1-3-11-18)26(24)27-25(29)20-13-5-7-15-22(20)32(27)23-16-8-9-17-30-23/h1-17H,28-29H2. The Morgan fingerprint density at radius 2 is 1.06 bits per heavy atom. The Hall–Kier alpha value is -4.51. The van der Waals surface area contributed by atoms with E-state index in [1.54, 1.807) is 6.20 Å². The van der Waals surface area contributed by atoms with Crippen LogP contribution >= 0.6 is 0 Å². The molecule has 3 aromatic heterocycles. The van der Waals surface area contributed by atoms with Gasteiger partial charge < -0.3 is 16.0 Å². The van der Waals surface area contributed by atoms with E-state index in [1.165, 1.54) is 0 Å². The van der Waals surface area contributed by atoms with E-state index in [1.807, 2.05) is 66.7 Å². The number of hydrogen-bond acceptors (Lipinski definition) is 3. The van der Waals surface area contributed by atoms with Gasteiger partial charge in [0.05, 0.1) is 33.8 Å². The van der Waals surface area contributed by atoms with Crippen molar-refractivity contribution in [2.75, 3.05) is 11.5 Å². The summed E-state index contributed by atoms with van der Waals surface area (Å²) in [6.45, 7) is 0. The average Bonchev–Trinajstić information content (AvgIpc) is 3.31. The highest BCUT2D eigenvalue weighted by molar-refractivity contribution is 6.09. The summed E-state index contributed by atoms with van der Waals surface area (Å²) in [5.41, 5.74) is 19.8. The first-order valence-electron chi connectivity index (χ1n) is 10.5. The fourth-order valence-corrected chi connectivity index (χ4v) is 4.57. The lowest BCUT2D eigenvalue weighted by molar-refractivity contribution is 1.03. The molecule has 6 rings (SSSR count). The first kappa shape index (κ1) is 18.3. The maximum atomic E-state index is 6.84. The molecular formula is C27H21N5. The smallest absolute Gasteiger partial charge is 0.137 e. The second kappa shape index (κ2) is 7.03. The molecule has 0 unspecified atom stereocenters. The van der Waals surface area contributed by atoms with Crippen molar-refractivity contribution in [1.82, 2.24) is 14.1 Å². The molecule has 6 aromatic rings. The fraction of sp³-hybridized carbons (Fsp3) is 0. The molecule has 0 spiro atoms. The lowest BCUT2D eigenvalue weighted by Gasteiger charge is -2.15. The number of pyridine rings is 1. The molecule has 3 heterocycles. The fourth-order valence-electron chi connectivity index (χ4n) is 4.57. The Morgan fingerprint density at radius 1 is 0.531 bits per heavy atom. The Labute approximate surface area is 185 Å². The molecule has 3 aromatic carbocycles. The Morgan fingerprint density at radius 3 is 1.69 bits per heavy atom. The SMILES string of the molecule is Nc1c(-c2c(N)c3ccccc3n2-c2ccccn2)n(-c2ccccc2)c2ccccc12. The third-order valence-corrected chi connectivity index (χ3v) is 5.94. The monoisotopic (exact) mass is 415 g/mol. The zero-order chi connectivity index (χ0) is 21.7. The van der Waals surface area contributed by atoms with Gasteiger partial charge in [0.15, 0.2) is 0 Å². The highest BCUT2D eigenvalue weighted by Gasteiger charge is 2.26. The molecule has 5 nitrogen and oxygen atoms in total. The summed E-state index contributed by atoms with van der Waals surface area (Å²) in [5.74, 6) is 0.791. The first-order chi connectivity index (χ1) is 15.8. The molecule has 0 bridgehead atoms. The summed E-state index contributed by atoms with van der Waals surface area (Å²) in [4.78, 5) is 4.64. The van der Waals surface area contributed by atoms with E-state index in [2.05, 4.69) is 44.5 Å². The highest BCUT2D eigenvalue weighted by atomic mass is 15.1. The molecule has 0 fully saturated rings. The zero-order valence-corrected chi connectivity index (χ0v) is 17.3. The highest BCUT2D eigenvalue weighted by Crippen LogP contribution is 2.45. The van der Waals surface area contributed by atoms with Crippen LogP contribution in [-0.2, 0) is 0 Å². The maximum Gasteiger partial charge on any atom is 0.137 e. The van der Waals surface area contributed by atoms with Crippen LogP contribution in [0.1, 0.15) is 0 Å². The van der Waals surface area contributed by atoms with E-state index in [0.717, 1.165) is 44.7 Å². The molecule has 0 aliphatic carbocycles. The molecule has 0 aliphatic rings. The summed E-state index contributed by atoms with van der Waals surface area (Å²) >= 11 is 0. The number of nitrogens with two attached hydrogens (primary N) is 2. The van der Waals surface area contributed by atoms with E-state index >= 15 is 0 Å². The van der Waals surface area contributed by atoms with Gasteiger partial charge in [0, 0.05) is 22.7 Å². The lowest BCUT2D eigenvalue weighted by Crippen LogP contribution is -2.06. The third-order valence-electron chi connectivity index (χ3n) is 5.94. The predicted octanol–water partition coefficient (Wildman–Crippen LogP) is 5.80. The van der Waals surface area contributed by atoms with E-state index in [-0.39, 0.29) is 0 Å². The van der Waals surface area contributed by atoms with Crippen LogP contribution in [0.25, 0.3) is 44.7 Å². The predicted molar refractivity (Wildman–Crippen MR) is 132 cm³/mol. The van der Waals surface area contributed by atoms with Gasteiger partial charge >= 0.3 is 0 Å². The number of para-hydroxylation sites is 3. The van der Waals surface area contributed by atoms with Crippen LogP contribution in [0.3, 0.4) is 0 Å². The zero-order valence-electron chi connectivity index (χ0n) is 17.3. The molecule has 0 saturated heterocycles. The Kier molecular flexibility index (Phi) is 4.01. The quantitative estimate of drug-likeness (QED) is 0.383. The van der Waals surface area contributed by atoms with E-state index in [0.29, 0.717) is 11.4 Å². The molecule has 154 valence electrons. The molecule has 0 aliphatic heterocycles. The van der Waals surface area contributed by atoms with Crippen molar-refractivity contribution >= 4 is 33.2 Å². The minimum Gasteiger partial charge on any atom is -0.396 e. The van der Waals surface area contributed by atoms with Gasteiger partial charge in [-0.15, -0.1) is 0 Å². The van der Waals surface area contributed by atoms with Gasteiger partial charge in [-0.2, -0.15) is 0 Å². The van der Waals surface area contributed by atoms with Crippen molar-refractivity contribution in [3.8, 4) is 22.9 Å². The summed E-state index contributed by atoms with van der Waals surface area (Å²) in [7, 11) is 0. The van der Waals surface area contributed by atoms with Crippen LogP contribution < -0.4 is 11.5 Å². The lowest BCUT2D eigenvalue weighted by atomic mass is 10.1. The number of rotatable bonds is 3. The van der Waals surface area contributed by atoms with Crippen molar-refractivity contribution in [3.05, 3.63) is 103 Å². The Bertz CT molecular complexity index is 1460. The van der Waals surface area contributed by atoms with Crippen LogP contribution in [0.5, 0.6) is 0 Å². The normalized spacial score (nSPS) is 11.4. The minimum absolute atomic E-state index is 0.679. The molecule has 32 heavy (non-hydrogen) atoms. The molecule has 0 atom stereocenters. The van der Waals surface area contributed by atoms with Crippen molar-refractivity contribution in [3.63, 3.8) is 0 Å². The minimum atomic E-state index is 0.679. The van der Waals surface area contributed by atoms with Gasteiger partial charge in [0.25, 0.3) is 0 Å². The summed E-state index contributed by atoms with van der Waals surface area (Å²) in [6, 6.07) is 32.4. The van der Waals surface area contributed by atoms with Gasteiger partial charge in [-0.25, -0.2) is 4.98 Å². The number of nitrogens with zero attached hydrogens (tertiary/aromatic N) is 3. The number of anilines is 2. The number of benzene rings is 3. The molecule has 0 saturated carbocycles. The summed E-state index contributed by atoms with van der Waals surface area (Å²) < 4.78 is 4.30. The van der Waals surface area contributed by atoms with E-state index in [4.69, 9.17) is 11.5 Å². The van der Waals surface area contributed by atoms with Crippen molar-refractivity contribution < 1.29 is 0 Å². The van der Waals surface area contributed by atoms with Crippen molar-refractivity contribution in [2.45, 2.75) is 0 Å². The third kappa shape index (κ3) is 2.55.